The number of carbonyl (C=O) groups is 1. The van der Waals surface area contributed by atoms with E-state index in [0.29, 0.717) is 11.5 Å². The third-order valence-corrected chi connectivity index (χ3v) is 6.69. The molecular formula is C21H19NO4S2. The van der Waals surface area contributed by atoms with Gasteiger partial charge in [-0.1, -0.05) is 72.8 Å². The van der Waals surface area contributed by atoms with Gasteiger partial charge in [0, 0.05) is 22.3 Å². The SMILES string of the molecule is O=C1NS(=O)(=O)c2ccccc21.O=S(Cc1ccccc1)Cc1ccccc1. The lowest BCUT2D eigenvalue weighted by Crippen LogP contribution is -2.20. The number of nitrogens with one attached hydrogen (secondary N) is 1. The van der Waals surface area contributed by atoms with Crippen LogP contribution in [0.2, 0.25) is 0 Å². The summed E-state index contributed by atoms with van der Waals surface area (Å²) in [6, 6.07) is 26.0. The van der Waals surface area contributed by atoms with Gasteiger partial charge in [0.15, 0.2) is 0 Å². The fraction of sp³-hybridized carbons (Fsp3) is 0.0952. The third kappa shape index (κ3) is 5.15. The summed E-state index contributed by atoms with van der Waals surface area (Å²) in [5.41, 5.74) is 2.49. The van der Waals surface area contributed by atoms with E-state index in [9.17, 15) is 17.4 Å². The lowest BCUT2D eigenvalue weighted by Gasteiger charge is -2.02. The standard InChI is InChI=1S/C14H14OS.C7H5NO3S/c15-16(11-13-7-3-1-4-8-13)12-14-9-5-2-6-10-14;9-7-5-3-1-2-4-6(5)12(10,11)8-7/h1-10H,11-12H2;1-4H,(H,8,9). The minimum atomic E-state index is -3.55. The molecule has 1 aliphatic heterocycles. The van der Waals surface area contributed by atoms with Crippen molar-refractivity contribution in [3.8, 4) is 0 Å². The van der Waals surface area contributed by atoms with Gasteiger partial charge in [-0.2, -0.15) is 0 Å². The van der Waals surface area contributed by atoms with Crippen LogP contribution in [-0.4, -0.2) is 18.5 Å². The van der Waals surface area contributed by atoms with E-state index in [-0.39, 0.29) is 10.5 Å². The van der Waals surface area contributed by atoms with Gasteiger partial charge in [-0.25, -0.2) is 13.1 Å². The Morgan fingerprint density at radius 3 is 1.68 bits per heavy atom. The van der Waals surface area contributed by atoms with Crippen molar-refractivity contribution in [1.29, 1.82) is 0 Å². The van der Waals surface area contributed by atoms with E-state index in [0.717, 1.165) is 11.1 Å². The van der Waals surface area contributed by atoms with Crippen LogP contribution in [0.3, 0.4) is 0 Å². The molecule has 1 N–H and O–H groups in total. The molecule has 5 nitrogen and oxygen atoms in total. The minimum absolute atomic E-state index is 0.0648. The van der Waals surface area contributed by atoms with Crippen molar-refractivity contribution in [3.05, 3.63) is 102 Å². The average molecular weight is 414 g/mol. The molecule has 4 rings (SSSR count). The third-order valence-electron chi connectivity index (χ3n) is 3.99. The molecular weight excluding hydrogens is 394 g/mol. The van der Waals surface area contributed by atoms with Crippen LogP contribution in [0.1, 0.15) is 21.5 Å². The first-order chi connectivity index (χ1) is 13.5. The maximum absolute atomic E-state index is 11.9. The van der Waals surface area contributed by atoms with Crippen molar-refractivity contribution < 1.29 is 17.4 Å². The molecule has 0 bridgehead atoms. The fourth-order valence-corrected chi connectivity index (χ4v) is 5.09. The molecule has 0 aromatic heterocycles. The van der Waals surface area contributed by atoms with Gasteiger partial charge >= 0.3 is 0 Å². The predicted octanol–water partition coefficient (Wildman–Crippen LogP) is 3.25. The lowest BCUT2D eigenvalue weighted by molar-refractivity contribution is 0.0985. The number of hydrogen-bond acceptors (Lipinski definition) is 4. The van der Waals surface area contributed by atoms with Gasteiger partial charge in [0.1, 0.15) is 4.90 Å². The van der Waals surface area contributed by atoms with Gasteiger partial charge in [0.05, 0.1) is 5.56 Å². The molecule has 0 fully saturated rings. The van der Waals surface area contributed by atoms with Crippen LogP contribution in [-0.2, 0) is 32.3 Å². The normalized spacial score (nSPS) is 14.0. The van der Waals surface area contributed by atoms with Crippen molar-refractivity contribution >= 4 is 26.7 Å². The van der Waals surface area contributed by atoms with Crippen molar-refractivity contribution in [3.63, 3.8) is 0 Å². The molecule has 7 heteroatoms. The Labute approximate surface area is 166 Å². The second-order valence-electron chi connectivity index (χ2n) is 6.13. The molecule has 1 heterocycles. The largest absolute Gasteiger partial charge is 0.268 e. The molecule has 0 spiro atoms. The van der Waals surface area contributed by atoms with Crippen LogP contribution in [0.4, 0.5) is 0 Å². The van der Waals surface area contributed by atoms with Gasteiger partial charge in [0.2, 0.25) is 0 Å². The molecule has 1 amide bonds. The van der Waals surface area contributed by atoms with Crippen molar-refractivity contribution in [1.82, 2.24) is 4.72 Å². The van der Waals surface area contributed by atoms with Crippen molar-refractivity contribution in [2.75, 3.05) is 0 Å². The molecule has 0 unspecified atom stereocenters. The van der Waals surface area contributed by atoms with Gasteiger partial charge in [-0.3, -0.25) is 9.00 Å². The number of benzene rings is 3. The summed E-state index contributed by atoms with van der Waals surface area (Å²) >= 11 is 0. The summed E-state index contributed by atoms with van der Waals surface area (Å²) in [6.45, 7) is 0. The van der Waals surface area contributed by atoms with E-state index in [2.05, 4.69) is 0 Å². The molecule has 0 radical (unpaired) electrons. The average Bonchev–Trinajstić information content (AvgIpc) is 2.93. The Bertz CT molecular complexity index is 1040. The second-order valence-corrected chi connectivity index (χ2v) is 9.24. The highest BCUT2D eigenvalue weighted by atomic mass is 32.2. The Morgan fingerprint density at radius 2 is 1.18 bits per heavy atom. The van der Waals surface area contributed by atoms with Crippen molar-refractivity contribution in [2.45, 2.75) is 16.4 Å². The predicted molar refractivity (Wildman–Crippen MR) is 110 cm³/mol. The van der Waals surface area contributed by atoms with E-state index >= 15 is 0 Å². The smallest absolute Gasteiger partial charge is 0.266 e. The highest BCUT2D eigenvalue weighted by Gasteiger charge is 2.31. The molecule has 3 aromatic rings. The maximum Gasteiger partial charge on any atom is 0.266 e. The molecule has 0 saturated carbocycles. The highest BCUT2D eigenvalue weighted by Crippen LogP contribution is 2.20. The number of fused-ring (bicyclic) bond motifs is 1. The van der Waals surface area contributed by atoms with Gasteiger partial charge in [-0.05, 0) is 23.3 Å². The highest BCUT2D eigenvalue weighted by molar-refractivity contribution is 7.90. The zero-order valence-corrected chi connectivity index (χ0v) is 16.6. The summed E-state index contributed by atoms with van der Waals surface area (Å²) < 4.78 is 36.0. The summed E-state index contributed by atoms with van der Waals surface area (Å²) in [7, 11) is -4.38. The van der Waals surface area contributed by atoms with Crippen LogP contribution in [0.25, 0.3) is 0 Å². The summed E-state index contributed by atoms with van der Waals surface area (Å²) in [5, 5.41) is 0. The minimum Gasteiger partial charge on any atom is -0.268 e. The summed E-state index contributed by atoms with van der Waals surface area (Å²) in [5.74, 6) is 0.719. The topological polar surface area (TPSA) is 80.3 Å². The molecule has 0 atom stereocenters. The van der Waals surface area contributed by atoms with Gasteiger partial charge < -0.3 is 0 Å². The quantitative estimate of drug-likeness (QED) is 0.712. The molecule has 3 aromatic carbocycles. The first-order valence-corrected chi connectivity index (χ1v) is 11.5. The van der Waals surface area contributed by atoms with E-state index in [1.54, 1.807) is 12.1 Å². The zero-order valence-electron chi connectivity index (χ0n) is 14.9. The molecule has 1 aliphatic rings. The Morgan fingerprint density at radius 1 is 0.714 bits per heavy atom. The van der Waals surface area contributed by atoms with Crippen LogP contribution in [0.15, 0.2) is 89.8 Å². The Kier molecular flexibility index (Phi) is 6.38. The maximum atomic E-state index is 11.9. The zero-order chi connectivity index (χ0) is 20.0. The van der Waals surface area contributed by atoms with Crippen LogP contribution < -0.4 is 4.72 Å². The van der Waals surface area contributed by atoms with Gasteiger partial charge in [-0.15, -0.1) is 0 Å². The van der Waals surface area contributed by atoms with Crippen LogP contribution in [0.5, 0.6) is 0 Å². The van der Waals surface area contributed by atoms with Crippen molar-refractivity contribution in [2.24, 2.45) is 0 Å². The summed E-state index contributed by atoms with van der Waals surface area (Å²) in [6.07, 6.45) is 0. The van der Waals surface area contributed by atoms with Crippen LogP contribution in [0, 0.1) is 0 Å². The Balaban J connectivity index is 0.000000167. The van der Waals surface area contributed by atoms with E-state index < -0.39 is 26.7 Å². The number of hydrogen-bond donors (Lipinski definition) is 1. The van der Waals surface area contributed by atoms with E-state index in [1.807, 2.05) is 65.4 Å². The van der Waals surface area contributed by atoms with Gasteiger partial charge in [0.25, 0.3) is 15.9 Å². The number of amides is 1. The first-order valence-electron chi connectivity index (χ1n) is 8.55. The second kappa shape index (κ2) is 8.95. The molecule has 0 aliphatic carbocycles. The lowest BCUT2D eigenvalue weighted by atomic mass is 10.2. The monoisotopic (exact) mass is 413 g/mol. The molecule has 28 heavy (non-hydrogen) atoms. The molecule has 0 saturated heterocycles. The van der Waals surface area contributed by atoms with Crippen LogP contribution >= 0.6 is 0 Å². The molecule has 144 valence electrons. The number of carbonyl (C=O) groups excluding carboxylic acids is 1. The van der Waals surface area contributed by atoms with E-state index in [4.69, 9.17) is 0 Å². The first kappa shape index (κ1) is 20.0. The number of rotatable bonds is 4. The summed E-state index contributed by atoms with van der Waals surface area (Å²) in [4.78, 5) is 11.1. The fourth-order valence-electron chi connectivity index (χ4n) is 2.69. The number of sulfonamides is 1. The Hall–Kier alpha value is -2.77. The van der Waals surface area contributed by atoms with E-state index in [1.165, 1.54) is 12.1 Å².